The second-order valence-corrected chi connectivity index (χ2v) is 14.8. The predicted molar refractivity (Wildman–Crippen MR) is 239 cm³/mol. The molecule has 0 aromatic heterocycles. The highest BCUT2D eigenvalue weighted by molar-refractivity contribution is 7.47. The first-order valence-corrected chi connectivity index (χ1v) is 22.6. The number of carbonyl (C=O) groups excluding carboxylic acids is 2. The van der Waals surface area contributed by atoms with Crippen LogP contribution in [0.3, 0.4) is 0 Å². The van der Waals surface area contributed by atoms with Gasteiger partial charge in [0.1, 0.15) is 6.61 Å². The van der Waals surface area contributed by atoms with E-state index in [0.29, 0.717) is 25.7 Å². The van der Waals surface area contributed by atoms with E-state index in [-0.39, 0.29) is 32.6 Å². The lowest BCUT2D eigenvalue weighted by Crippen LogP contribution is -2.29. The Morgan fingerprint density at radius 2 is 1.17 bits per heavy atom. The minimum Gasteiger partial charge on any atom is -0.462 e. The summed E-state index contributed by atoms with van der Waals surface area (Å²) in [6.45, 7) is 3.31. The van der Waals surface area contributed by atoms with Crippen LogP contribution in [-0.2, 0) is 32.7 Å². The molecule has 0 aliphatic carbocycles. The molecule has 10 nitrogen and oxygen atoms in total. The van der Waals surface area contributed by atoms with Crippen LogP contribution in [0.1, 0.15) is 123 Å². The summed E-state index contributed by atoms with van der Waals surface area (Å²) >= 11 is 0. The van der Waals surface area contributed by atoms with Gasteiger partial charge in [-0.2, -0.15) is 0 Å². The van der Waals surface area contributed by atoms with Crippen LogP contribution in [-0.4, -0.2) is 60.5 Å². The van der Waals surface area contributed by atoms with Gasteiger partial charge in [0.15, 0.2) is 6.10 Å². The molecule has 1 unspecified atom stereocenters. The maximum Gasteiger partial charge on any atom is 0.472 e. The zero-order chi connectivity index (χ0) is 42.6. The number of carbonyl (C=O) groups is 2. The number of hydrogen-bond acceptors (Lipinski definition) is 9. The molecule has 0 spiro atoms. The van der Waals surface area contributed by atoms with Gasteiger partial charge in [-0.25, -0.2) is 4.57 Å². The van der Waals surface area contributed by atoms with E-state index in [2.05, 4.69) is 80.7 Å². The number of unbranched alkanes of at least 4 members (excludes halogenated alkanes) is 4. The quantitative estimate of drug-likeness (QED) is 0.0181. The molecule has 4 N–H and O–H groups in total. The summed E-state index contributed by atoms with van der Waals surface area (Å²) in [5.74, 6) is -1.05. The first kappa shape index (κ1) is 54.4. The molecule has 0 radical (unpaired) electrons. The highest BCUT2D eigenvalue weighted by Gasteiger charge is 2.25. The topological polar surface area (TPSA) is 155 Å². The van der Waals surface area contributed by atoms with Gasteiger partial charge in [0.25, 0.3) is 0 Å². The Morgan fingerprint density at radius 1 is 0.621 bits per heavy atom. The zero-order valence-electron chi connectivity index (χ0n) is 35.3. The number of aliphatic hydroxyl groups excluding tert-OH is 1. The molecule has 326 valence electrons. The van der Waals surface area contributed by atoms with Gasteiger partial charge >= 0.3 is 19.8 Å². The van der Waals surface area contributed by atoms with Crippen molar-refractivity contribution in [2.24, 2.45) is 5.73 Å². The molecule has 0 aliphatic heterocycles. The third-order valence-electron chi connectivity index (χ3n) is 7.93. The van der Waals surface area contributed by atoms with Gasteiger partial charge in [-0.05, 0) is 83.5 Å². The molecule has 0 aliphatic rings. The van der Waals surface area contributed by atoms with E-state index in [4.69, 9.17) is 24.3 Å². The average molecular weight is 828 g/mol. The molecular formula is C47H74NO9P. The molecule has 58 heavy (non-hydrogen) atoms. The molecule has 0 fully saturated rings. The Bertz CT molecular complexity index is 1370. The van der Waals surface area contributed by atoms with Gasteiger partial charge < -0.3 is 25.2 Å². The molecule has 0 amide bonds. The van der Waals surface area contributed by atoms with Crippen LogP contribution < -0.4 is 5.73 Å². The second-order valence-electron chi connectivity index (χ2n) is 13.3. The summed E-state index contributed by atoms with van der Waals surface area (Å²) < 4.78 is 32.6. The lowest BCUT2D eigenvalue weighted by atomic mass is 10.1. The van der Waals surface area contributed by atoms with Crippen LogP contribution in [0.25, 0.3) is 0 Å². The van der Waals surface area contributed by atoms with Crippen LogP contribution in [0.5, 0.6) is 0 Å². The van der Waals surface area contributed by atoms with E-state index in [0.717, 1.165) is 51.4 Å². The lowest BCUT2D eigenvalue weighted by molar-refractivity contribution is -0.161. The van der Waals surface area contributed by atoms with Crippen molar-refractivity contribution in [2.75, 3.05) is 26.4 Å². The first-order chi connectivity index (χ1) is 28.2. The fraction of sp³-hybridized carbons (Fsp3) is 0.532. The third-order valence-corrected chi connectivity index (χ3v) is 8.91. The first-order valence-electron chi connectivity index (χ1n) is 21.1. The van der Waals surface area contributed by atoms with Crippen LogP contribution in [0.15, 0.2) is 122 Å². The largest absolute Gasteiger partial charge is 0.472 e. The van der Waals surface area contributed by atoms with Crippen molar-refractivity contribution in [3.05, 3.63) is 122 Å². The van der Waals surface area contributed by atoms with E-state index < -0.39 is 38.6 Å². The lowest BCUT2D eigenvalue weighted by Gasteiger charge is -2.19. The summed E-state index contributed by atoms with van der Waals surface area (Å²) in [7, 11) is -4.43. The standard InChI is InChI=1S/C47H74NO9P/c1-3-5-7-9-11-12-13-14-15-16-17-18-19-20-21-22-27-31-35-39-47(51)57-45(43-56-58(52,53)55-41-40-48)42-54-46(50)38-34-30-26-24-23-25-29-33-37-44(49)36-32-28-10-8-6-4-2/h5,7,11-12,14-15,17-18,20-21,24-29,31-33,37,44-45,49H,3-4,6,8-10,13,16,19,22-23,30,34-36,38-43,48H2,1-2H3,(H,52,53)/b7-5-,12-11-,15-14-,18-17-,21-20-,26-24-,29-25-,31-27-,32-28-,37-33+/t44-,45-/m1/s1. The normalized spacial score (nSPS) is 15.1. The van der Waals surface area contributed by atoms with Gasteiger partial charge in [0, 0.05) is 19.4 Å². The molecule has 3 atom stereocenters. The van der Waals surface area contributed by atoms with E-state index in [1.807, 2.05) is 48.6 Å². The number of nitrogens with two attached hydrogens (primary N) is 1. The van der Waals surface area contributed by atoms with Crippen molar-refractivity contribution < 1.29 is 42.7 Å². The predicted octanol–water partition coefficient (Wildman–Crippen LogP) is 11.1. The van der Waals surface area contributed by atoms with Gasteiger partial charge in [-0.1, -0.05) is 148 Å². The molecule has 0 rings (SSSR count). The number of esters is 2. The van der Waals surface area contributed by atoms with E-state index >= 15 is 0 Å². The Morgan fingerprint density at radius 3 is 1.78 bits per heavy atom. The molecule has 0 heterocycles. The zero-order valence-corrected chi connectivity index (χ0v) is 36.2. The minimum atomic E-state index is -4.43. The smallest absolute Gasteiger partial charge is 0.462 e. The SMILES string of the molecule is CC/C=C\C/C=C\C/C=C\C/C=C\C/C=C\C/C=C\CCC(=O)O[C@H](COC(=O)CCC/C=C\C/C=C\C=C\[C@H](O)C/C=C\CCCCC)COP(=O)(O)OCCN. The van der Waals surface area contributed by atoms with Gasteiger partial charge in [-0.3, -0.25) is 18.6 Å². The van der Waals surface area contributed by atoms with E-state index in [1.54, 1.807) is 6.08 Å². The number of allylic oxidation sites excluding steroid dienone is 18. The van der Waals surface area contributed by atoms with E-state index in [9.17, 15) is 24.2 Å². The molecule has 11 heteroatoms. The van der Waals surface area contributed by atoms with Crippen LogP contribution in [0.2, 0.25) is 0 Å². The fourth-order valence-corrected chi connectivity index (χ4v) is 5.56. The monoisotopic (exact) mass is 828 g/mol. The summed E-state index contributed by atoms with van der Waals surface area (Å²) in [6, 6.07) is 0. The number of phosphoric acid groups is 1. The van der Waals surface area contributed by atoms with Crippen LogP contribution >= 0.6 is 7.82 Å². The van der Waals surface area contributed by atoms with Gasteiger partial charge in [0.2, 0.25) is 0 Å². The fourth-order valence-electron chi connectivity index (χ4n) is 4.79. The number of rotatable bonds is 37. The minimum absolute atomic E-state index is 0.0182. The van der Waals surface area contributed by atoms with Crippen molar-refractivity contribution in [2.45, 2.75) is 135 Å². The van der Waals surface area contributed by atoms with Crippen molar-refractivity contribution in [3.63, 3.8) is 0 Å². The van der Waals surface area contributed by atoms with Crippen molar-refractivity contribution in [3.8, 4) is 0 Å². The molecule has 0 aromatic rings. The molecular weight excluding hydrogens is 753 g/mol. The summed E-state index contributed by atoms with van der Waals surface area (Å²) in [5.41, 5.74) is 5.33. The molecule has 0 aromatic carbocycles. The maximum atomic E-state index is 12.5. The van der Waals surface area contributed by atoms with Crippen LogP contribution in [0, 0.1) is 0 Å². The van der Waals surface area contributed by atoms with Crippen molar-refractivity contribution in [1.82, 2.24) is 0 Å². The molecule has 0 bridgehead atoms. The van der Waals surface area contributed by atoms with E-state index in [1.165, 1.54) is 19.3 Å². The second kappa shape index (κ2) is 41.5. The number of ether oxygens (including phenoxy) is 2. The molecule has 0 saturated heterocycles. The highest BCUT2D eigenvalue weighted by atomic mass is 31.2. The summed E-state index contributed by atoms with van der Waals surface area (Å²) in [5, 5.41) is 10.0. The summed E-state index contributed by atoms with van der Waals surface area (Å²) in [6.07, 6.45) is 52.8. The number of hydrogen-bond donors (Lipinski definition) is 3. The third kappa shape index (κ3) is 40.6. The van der Waals surface area contributed by atoms with Crippen molar-refractivity contribution >= 4 is 19.8 Å². The van der Waals surface area contributed by atoms with Crippen LogP contribution in [0.4, 0.5) is 0 Å². The van der Waals surface area contributed by atoms with Gasteiger partial charge in [0.05, 0.1) is 19.3 Å². The Balaban J connectivity index is 4.48. The average Bonchev–Trinajstić information content (AvgIpc) is 3.21. The van der Waals surface area contributed by atoms with Gasteiger partial charge in [-0.15, -0.1) is 0 Å². The maximum absolute atomic E-state index is 12.5. The Kier molecular flexibility index (Phi) is 38.9. The number of aliphatic hydroxyl groups is 1. The van der Waals surface area contributed by atoms with Crippen molar-refractivity contribution in [1.29, 1.82) is 0 Å². The molecule has 0 saturated carbocycles. The summed E-state index contributed by atoms with van der Waals surface area (Å²) in [4.78, 5) is 34.8. The highest BCUT2D eigenvalue weighted by Crippen LogP contribution is 2.43. The Hall–Kier alpha value is -3.63. The Labute approximate surface area is 350 Å². The number of phosphoric ester groups is 1.